The van der Waals surface area contributed by atoms with Gasteiger partial charge in [-0.3, -0.25) is 4.99 Å². The third-order valence-corrected chi connectivity index (χ3v) is 4.66. The molecular weight excluding hydrogens is 437 g/mol. The summed E-state index contributed by atoms with van der Waals surface area (Å²) in [5.74, 6) is 1.83. The minimum atomic E-state index is 0. The van der Waals surface area contributed by atoms with Crippen molar-refractivity contribution in [3.63, 3.8) is 0 Å². The quantitative estimate of drug-likeness (QED) is 0.414. The topological polar surface area (TPSA) is 45.5 Å². The minimum Gasteiger partial charge on any atom is -0.357 e. The first kappa shape index (κ1) is 20.7. The average Bonchev–Trinajstić information content (AvgIpc) is 3.16. The lowest BCUT2D eigenvalue weighted by Crippen LogP contribution is -2.46. The molecule has 0 spiro atoms. The summed E-state index contributed by atoms with van der Waals surface area (Å²) >= 11 is 0. The van der Waals surface area contributed by atoms with E-state index >= 15 is 0 Å². The van der Waals surface area contributed by atoms with Crippen LogP contribution in [0, 0.1) is 5.92 Å². The van der Waals surface area contributed by atoms with Gasteiger partial charge >= 0.3 is 0 Å². The maximum Gasteiger partial charge on any atom is 0.193 e. The predicted octanol–water partition coefficient (Wildman–Crippen LogP) is 3.73. The van der Waals surface area contributed by atoms with Crippen LogP contribution in [0.2, 0.25) is 0 Å². The van der Waals surface area contributed by atoms with Crippen LogP contribution >= 0.6 is 24.0 Å². The maximum absolute atomic E-state index is 4.85. The number of nitrogens with zero attached hydrogens (tertiary/aromatic N) is 4. The fourth-order valence-corrected chi connectivity index (χ4v) is 3.34. The summed E-state index contributed by atoms with van der Waals surface area (Å²) < 4.78 is 1.88. The Hall–Kier alpha value is -1.57. The molecule has 26 heavy (non-hydrogen) atoms. The number of likely N-dealkylation sites (tertiary alicyclic amines) is 1. The Bertz CT molecular complexity index is 666. The maximum atomic E-state index is 4.85. The Labute approximate surface area is 173 Å². The van der Waals surface area contributed by atoms with Crippen molar-refractivity contribution in [3.05, 3.63) is 48.3 Å². The molecule has 1 aromatic carbocycles. The molecule has 3 rings (SSSR count). The molecule has 1 aliphatic heterocycles. The minimum absolute atomic E-state index is 0. The van der Waals surface area contributed by atoms with E-state index in [1.54, 1.807) is 6.20 Å². The molecule has 0 aliphatic carbocycles. The van der Waals surface area contributed by atoms with Gasteiger partial charge in [-0.15, -0.1) is 24.0 Å². The lowest BCUT2D eigenvalue weighted by molar-refractivity contribution is 0.266. The van der Waals surface area contributed by atoms with Gasteiger partial charge in [0.25, 0.3) is 0 Å². The number of nitrogens with one attached hydrogen (secondary N) is 1. The number of benzene rings is 1. The van der Waals surface area contributed by atoms with Crippen molar-refractivity contribution in [2.75, 3.05) is 26.2 Å². The summed E-state index contributed by atoms with van der Waals surface area (Å²) in [5.41, 5.74) is 2.40. The first-order valence-corrected chi connectivity index (χ1v) is 9.38. The summed E-state index contributed by atoms with van der Waals surface area (Å²) in [6.07, 6.45) is 7.31. The van der Waals surface area contributed by atoms with Gasteiger partial charge in [0.15, 0.2) is 5.96 Å². The van der Waals surface area contributed by atoms with Gasteiger partial charge in [0.05, 0.1) is 5.69 Å². The number of piperidine rings is 1. The zero-order valence-corrected chi connectivity index (χ0v) is 18.1. The molecule has 0 bridgehead atoms. The van der Waals surface area contributed by atoms with E-state index in [0.717, 1.165) is 50.2 Å². The highest BCUT2D eigenvalue weighted by Gasteiger charge is 2.18. The van der Waals surface area contributed by atoms with E-state index < -0.39 is 0 Å². The predicted molar refractivity (Wildman–Crippen MR) is 119 cm³/mol. The molecular formula is C20H30IN5. The highest BCUT2D eigenvalue weighted by Crippen LogP contribution is 2.15. The van der Waals surface area contributed by atoms with Crippen LogP contribution in [0.1, 0.15) is 32.3 Å². The average molecular weight is 467 g/mol. The van der Waals surface area contributed by atoms with Crippen LogP contribution in [0.4, 0.5) is 0 Å². The normalized spacial score (nSPS) is 17.7. The number of hydrogen-bond donors (Lipinski definition) is 1. The number of guanidine groups is 1. The summed E-state index contributed by atoms with van der Waals surface area (Å²) in [4.78, 5) is 7.27. The van der Waals surface area contributed by atoms with Crippen molar-refractivity contribution in [2.24, 2.45) is 10.9 Å². The van der Waals surface area contributed by atoms with Crippen molar-refractivity contribution in [2.45, 2.75) is 33.1 Å². The molecule has 1 saturated heterocycles. The highest BCUT2D eigenvalue weighted by atomic mass is 127. The van der Waals surface area contributed by atoms with Crippen LogP contribution < -0.4 is 5.32 Å². The second-order valence-electron chi connectivity index (χ2n) is 6.80. The van der Waals surface area contributed by atoms with Crippen molar-refractivity contribution in [3.8, 4) is 5.69 Å². The molecule has 0 saturated carbocycles. The fourth-order valence-electron chi connectivity index (χ4n) is 3.34. The van der Waals surface area contributed by atoms with Gasteiger partial charge in [-0.2, -0.15) is 5.10 Å². The van der Waals surface area contributed by atoms with Crippen molar-refractivity contribution in [1.29, 1.82) is 0 Å². The number of aromatic nitrogens is 2. The van der Waals surface area contributed by atoms with E-state index in [0.29, 0.717) is 0 Å². The molecule has 2 aromatic rings. The van der Waals surface area contributed by atoms with Crippen LogP contribution in [-0.4, -0.2) is 46.8 Å². The summed E-state index contributed by atoms with van der Waals surface area (Å²) in [6, 6.07) is 10.5. The summed E-state index contributed by atoms with van der Waals surface area (Å²) in [6.45, 7) is 8.43. The van der Waals surface area contributed by atoms with Gasteiger partial charge in [-0.1, -0.05) is 19.1 Å². The Morgan fingerprint density at radius 2 is 2.12 bits per heavy atom. The Balaban J connectivity index is 0.00000243. The molecule has 5 nitrogen and oxygen atoms in total. The first-order valence-electron chi connectivity index (χ1n) is 9.38. The highest BCUT2D eigenvalue weighted by molar-refractivity contribution is 14.0. The molecule has 142 valence electrons. The largest absolute Gasteiger partial charge is 0.357 e. The number of hydrogen-bond acceptors (Lipinski definition) is 2. The van der Waals surface area contributed by atoms with Crippen molar-refractivity contribution < 1.29 is 0 Å². The van der Waals surface area contributed by atoms with E-state index in [2.05, 4.69) is 53.4 Å². The second-order valence-corrected chi connectivity index (χ2v) is 6.80. The molecule has 1 aliphatic rings. The first-order chi connectivity index (χ1) is 12.3. The third-order valence-electron chi connectivity index (χ3n) is 4.66. The van der Waals surface area contributed by atoms with E-state index in [1.165, 1.54) is 18.4 Å². The van der Waals surface area contributed by atoms with Crippen LogP contribution in [0.25, 0.3) is 5.69 Å². The lowest BCUT2D eigenvalue weighted by atomic mass is 10.0. The SMILES string of the molecule is CCNC(=NCCc1ccc(-n2cccn2)cc1)N1CCCC(C)C1.I. The van der Waals surface area contributed by atoms with Gasteiger partial charge in [0, 0.05) is 38.6 Å². The monoisotopic (exact) mass is 467 g/mol. The van der Waals surface area contributed by atoms with E-state index in [1.807, 2.05) is 16.9 Å². The summed E-state index contributed by atoms with van der Waals surface area (Å²) in [7, 11) is 0. The van der Waals surface area contributed by atoms with Crippen molar-refractivity contribution >= 4 is 29.9 Å². The zero-order chi connectivity index (χ0) is 17.5. The van der Waals surface area contributed by atoms with Gasteiger partial charge in [0.1, 0.15) is 0 Å². The van der Waals surface area contributed by atoms with E-state index in [9.17, 15) is 0 Å². The van der Waals surface area contributed by atoms with E-state index in [4.69, 9.17) is 4.99 Å². The van der Waals surface area contributed by atoms with Crippen LogP contribution in [0.15, 0.2) is 47.7 Å². The zero-order valence-electron chi connectivity index (χ0n) is 15.8. The van der Waals surface area contributed by atoms with Crippen molar-refractivity contribution in [1.82, 2.24) is 20.0 Å². The van der Waals surface area contributed by atoms with E-state index in [-0.39, 0.29) is 24.0 Å². The Morgan fingerprint density at radius 1 is 1.31 bits per heavy atom. The molecule has 0 amide bonds. The lowest BCUT2D eigenvalue weighted by Gasteiger charge is -2.33. The van der Waals surface area contributed by atoms with Gasteiger partial charge in [-0.25, -0.2) is 4.68 Å². The molecule has 1 atom stereocenters. The van der Waals surface area contributed by atoms with Crippen LogP contribution in [-0.2, 0) is 6.42 Å². The Morgan fingerprint density at radius 3 is 2.77 bits per heavy atom. The van der Waals surface area contributed by atoms with Crippen LogP contribution in [0.3, 0.4) is 0 Å². The number of aliphatic imine (C=N–C) groups is 1. The molecule has 1 aromatic heterocycles. The standard InChI is InChI=1S/C20H29N5.HI/c1-3-21-20(24-14-4-6-17(2)16-24)22-13-11-18-7-9-19(10-8-18)25-15-5-12-23-25;/h5,7-10,12,15,17H,3-4,6,11,13-14,16H2,1-2H3,(H,21,22);1H. The smallest absolute Gasteiger partial charge is 0.193 e. The molecule has 1 fully saturated rings. The Kier molecular flexibility index (Phi) is 8.41. The number of rotatable bonds is 5. The molecule has 0 radical (unpaired) electrons. The van der Waals surface area contributed by atoms with Gasteiger partial charge in [0.2, 0.25) is 0 Å². The van der Waals surface area contributed by atoms with Gasteiger partial charge < -0.3 is 10.2 Å². The summed E-state index contributed by atoms with van der Waals surface area (Å²) in [5, 5.41) is 7.71. The number of halogens is 1. The molecule has 1 N–H and O–H groups in total. The van der Waals surface area contributed by atoms with Gasteiger partial charge in [-0.05, 0) is 55.9 Å². The third kappa shape index (κ3) is 5.72. The fraction of sp³-hybridized carbons (Fsp3) is 0.500. The van der Waals surface area contributed by atoms with Crippen LogP contribution in [0.5, 0.6) is 0 Å². The molecule has 1 unspecified atom stereocenters. The second kappa shape index (κ2) is 10.5. The molecule has 6 heteroatoms. The molecule has 2 heterocycles.